The number of hydrogen-bond acceptors (Lipinski definition) is 3. The van der Waals surface area contributed by atoms with Crippen LogP contribution in [-0.4, -0.2) is 22.6 Å². The van der Waals surface area contributed by atoms with E-state index in [-0.39, 0.29) is 28.0 Å². The highest BCUT2D eigenvalue weighted by Crippen LogP contribution is 2.36. The molecule has 2 amide bonds. The molecular weight excluding hydrogens is 308 g/mol. The lowest BCUT2D eigenvalue weighted by molar-refractivity contribution is -0.115. The third-order valence-electron chi connectivity index (χ3n) is 3.60. The first-order valence-corrected chi connectivity index (χ1v) is 8.79. The van der Waals surface area contributed by atoms with E-state index in [1.54, 1.807) is 6.07 Å². The third-order valence-corrected chi connectivity index (χ3v) is 4.77. The Morgan fingerprint density at radius 1 is 1.26 bits per heavy atom. The Balaban J connectivity index is 2.15. The molecule has 1 aromatic rings. The molecule has 0 radical (unpaired) electrons. The maximum Gasteiger partial charge on any atom is 0.251 e. The monoisotopic (exact) mass is 334 g/mol. The van der Waals surface area contributed by atoms with E-state index in [0.29, 0.717) is 5.56 Å². The number of amides is 2. The number of anilines is 1. The molecule has 2 N–H and O–H groups in total. The second kappa shape index (κ2) is 6.19. The molecule has 1 unspecified atom stereocenters. The summed E-state index contributed by atoms with van der Waals surface area (Å²) >= 11 is 1.52. The van der Waals surface area contributed by atoms with Gasteiger partial charge in [-0.1, -0.05) is 20.8 Å². The van der Waals surface area contributed by atoms with Crippen LogP contribution in [0.15, 0.2) is 23.1 Å². The molecule has 1 atom stereocenters. The van der Waals surface area contributed by atoms with Gasteiger partial charge in [0.25, 0.3) is 5.91 Å². The molecule has 0 aliphatic carbocycles. The molecule has 0 bridgehead atoms. The van der Waals surface area contributed by atoms with Crippen molar-refractivity contribution < 1.29 is 9.59 Å². The van der Waals surface area contributed by atoms with Gasteiger partial charge in [0.1, 0.15) is 0 Å². The van der Waals surface area contributed by atoms with E-state index in [4.69, 9.17) is 0 Å². The summed E-state index contributed by atoms with van der Waals surface area (Å²) in [5.41, 5.74) is 1.13. The van der Waals surface area contributed by atoms with Crippen LogP contribution >= 0.6 is 11.8 Å². The van der Waals surface area contributed by atoms with Gasteiger partial charge in [0, 0.05) is 16.0 Å². The fraction of sp³-hybridized carbons (Fsp3) is 0.556. The first-order valence-electron chi connectivity index (χ1n) is 7.91. The number of nitrogens with one attached hydrogen (secondary N) is 2. The molecule has 0 saturated carbocycles. The molecule has 4 nitrogen and oxygen atoms in total. The Hall–Kier alpha value is -1.49. The summed E-state index contributed by atoms with van der Waals surface area (Å²) in [4.78, 5) is 25.3. The van der Waals surface area contributed by atoms with Gasteiger partial charge in [0.05, 0.1) is 10.9 Å². The van der Waals surface area contributed by atoms with Crippen LogP contribution in [0.1, 0.15) is 58.3 Å². The third kappa shape index (κ3) is 4.74. The zero-order chi connectivity index (χ0) is 17.4. The van der Waals surface area contributed by atoms with Crippen molar-refractivity contribution in [3.63, 3.8) is 0 Å². The van der Waals surface area contributed by atoms with Crippen LogP contribution in [0.2, 0.25) is 0 Å². The van der Waals surface area contributed by atoms with E-state index in [2.05, 4.69) is 31.4 Å². The lowest BCUT2D eigenvalue weighted by atomic mass is 9.81. The Kier molecular flexibility index (Phi) is 4.81. The smallest absolute Gasteiger partial charge is 0.251 e. The first kappa shape index (κ1) is 17.9. The zero-order valence-electron chi connectivity index (χ0n) is 14.7. The van der Waals surface area contributed by atoms with Crippen LogP contribution in [0, 0.1) is 5.41 Å². The second-order valence-electron chi connectivity index (χ2n) is 8.04. The summed E-state index contributed by atoms with van der Waals surface area (Å²) < 4.78 is 0. The first-order chi connectivity index (χ1) is 10.5. The van der Waals surface area contributed by atoms with Crippen LogP contribution in [0.4, 0.5) is 5.69 Å². The van der Waals surface area contributed by atoms with Crippen molar-refractivity contribution in [1.29, 1.82) is 0 Å². The van der Waals surface area contributed by atoms with Crippen molar-refractivity contribution in [3.8, 4) is 0 Å². The molecule has 0 saturated heterocycles. The fourth-order valence-electron chi connectivity index (χ4n) is 3.10. The summed E-state index contributed by atoms with van der Waals surface area (Å²) in [7, 11) is 0. The molecule has 0 spiro atoms. The van der Waals surface area contributed by atoms with Crippen molar-refractivity contribution in [3.05, 3.63) is 23.8 Å². The van der Waals surface area contributed by atoms with E-state index in [9.17, 15) is 9.59 Å². The highest BCUT2D eigenvalue weighted by molar-refractivity contribution is 8.00. The quantitative estimate of drug-likeness (QED) is 0.876. The van der Waals surface area contributed by atoms with Crippen molar-refractivity contribution in [1.82, 2.24) is 5.32 Å². The van der Waals surface area contributed by atoms with E-state index >= 15 is 0 Å². The van der Waals surface area contributed by atoms with Crippen molar-refractivity contribution in [2.75, 3.05) is 5.32 Å². The van der Waals surface area contributed by atoms with Crippen LogP contribution < -0.4 is 10.6 Å². The number of carbonyl (C=O) groups is 2. The molecule has 2 rings (SSSR count). The predicted molar refractivity (Wildman–Crippen MR) is 96.0 cm³/mol. The van der Waals surface area contributed by atoms with Crippen LogP contribution in [0.3, 0.4) is 0 Å². The van der Waals surface area contributed by atoms with E-state index < -0.39 is 0 Å². The Morgan fingerprint density at radius 2 is 1.91 bits per heavy atom. The minimum Gasteiger partial charge on any atom is -0.347 e. The van der Waals surface area contributed by atoms with Crippen LogP contribution in [0.25, 0.3) is 0 Å². The van der Waals surface area contributed by atoms with E-state index in [0.717, 1.165) is 17.0 Å². The summed E-state index contributed by atoms with van der Waals surface area (Å²) in [6.45, 7) is 12.4. The Labute approximate surface area is 142 Å². The summed E-state index contributed by atoms with van der Waals surface area (Å²) in [6.07, 6.45) is 0.876. The van der Waals surface area contributed by atoms with Crippen LogP contribution in [0.5, 0.6) is 0 Å². The van der Waals surface area contributed by atoms with Gasteiger partial charge in [-0.05, 0) is 50.8 Å². The second-order valence-corrected chi connectivity index (χ2v) is 9.42. The number of hydrogen-bond donors (Lipinski definition) is 2. The fourth-order valence-corrected chi connectivity index (χ4v) is 4.03. The molecule has 1 aliphatic rings. The van der Waals surface area contributed by atoms with Crippen molar-refractivity contribution in [2.24, 2.45) is 5.41 Å². The summed E-state index contributed by atoms with van der Waals surface area (Å²) in [5, 5.41) is 5.86. The summed E-state index contributed by atoms with van der Waals surface area (Å²) in [5.74, 6) is -0.131. The predicted octanol–water partition coefficient (Wildman–Crippen LogP) is 4.06. The molecule has 1 aliphatic heterocycles. The van der Waals surface area contributed by atoms with Gasteiger partial charge in [-0.15, -0.1) is 11.8 Å². The SMILES string of the molecule is CC1Sc2ccc(C(=O)NC(C)(C)CC(C)(C)C)cc2NC1=O. The van der Waals surface area contributed by atoms with Crippen molar-refractivity contribution >= 4 is 29.3 Å². The van der Waals surface area contributed by atoms with Gasteiger partial charge in [0.15, 0.2) is 0 Å². The van der Waals surface area contributed by atoms with Gasteiger partial charge in [-0.2, -0.15) is 0 Å². The molecule has 23 heavy (non-hydrogen) atoms. The number of thioether (sulfide) groups is 1. The van der Waals surface area contributed by atoms with E-state index in [1.807, 2.05) is 32.9 Å². The number of benzene rings is 1. The number of fused-ring (bicyclic) bond motifs is 1. The van der Waals surface area contributed by atoms with Crippen LogP contribution in [-0.2, 0) is 4.79 Å². The highest BCUT2D eigenvalue weighted by atomic mass is 32.2. The molecule has 5 heteroatoms. The molecule has 0 aromatic heterocycles. The van der Waals surface area contributed by atoms with Gasteiger partial charge in [0.2, 0.25) is 5.91 Å². The number of carbonyl (C=O) groups excluding carboxylic acids is 2. The molecule has 1 heterocycles. The average molecular weight is 334 g/mol. The maximum absolute atomic E-state index is 12.5. The summed E-state index contributed by atoms with van der Waals surface area (Å²) in [6, 6.07) is 5.48. The standard InChI is InChI=1S/C18H26N2O2S/c1-11-15(21)19-13-9-12(7-8-14(13)23-11)16(22)20-18(5,6)10-17(2,3)4/h7-9,11H,10H2,1-6H3,(H,19,21)(H,20,22). The lowest BCUT2D eigenvalue weighted by Gasteiger charge is -2.33. The minimum absolute atomic E-state index is 0.0203. The molecule has 0 fully saturated rings. The maximum atomic E-state index is 12.5. The molecule has 1 aromatic carbocycles. The van der Waals surface area contributed by atoms with Gasteiger partial charge in [-0.3, -0.25) is 9.59 Å². The van der Waals surface area contributed by atoms with E-state index in [1.165, 1.54) is 11.8 Å². The normalized spacial score (nSPS) is 18.2. The van der Waals surface area contributed by atoms with Gasteiger partial charge >= 0.3 is 0 Å². The molecule has 126 valence electrons. The Morgan fingerprint density at radius 3 is 2.52 bits per heavy atom. The topological polar surface area (TPSA) is 58.2 Å². The molecular formula is C18H26N2O2S. The highest BCUT2D eigenvalue weighted by Gasteiger charge is 2.28. The largest absolute Gasteiger partial charge is 0.347 e. The van der Waals surface area contributed by atoms with Gasteiger partial charge < -0.3 is 10.6 Å². The number of rotatable bonds is 3. The van der Waals surface area contributed by atoms with Crippen molar-refractivity contribution in [2.45, 2.75) is 63.6 Å². The lowest BCUT2D eigenvalue weighted by Crippen LogP contribution is -2.45. The average Bonchev–Trinajstić information content (AvgIpc) is 2.36. The minimum atomic E-state index is -0.294. The Bertz CT molecular complexity index is 632. The van der Waals surface area contributed by atoms with Gasteiger partial charge in [-0.25, -0.2) is 0 Å². The zero-order valence-corrected chi connectivity index (χ0v) is 15.6.